The largest absolute Gasteiger partial charge is 0.266 e. The maximum absolute atomic E-state index is 13.2. The number of benzene rings is 2. The molecule has 0 unspecified atom stereocenters. The van der Waals surface area contributed by atoms with Gasteiger partial charge in [0, 0.05) is 22.5 Å². The third kappa shape index (κ3) is 3.53. The van der Waals surface area contributed by atoms with Crippen molar-refractivity contribution in [1.82, 2.24) is 9.97 Å². The molecule has 0 fully saturated rings. The van der Waals surface area contributed by atoms with E-state index in [4.69, 9.17) is 11.6 Å². The maximum atomic E-state index is 13.2. The molecule has 0 atom stereocenters. The van der Waals surface area contributed by atoms with E-state index < -0.39 is 10.0 Å². The number of hydrogen-bond donors (Lipinski definition) is 0. The molecule has 4 rings (SSSR count). The van der Waals surface area contributed by atoms with Gasteiger partial charge in [-0.15, -0.1) is 11.3 Å². The van der Waals surface area contributed by atoms with Crippen molar-refractivity contribution >= 4 is 49.0 Å². The van der Waals surface area contributed by atoms with Gasteiger partial charge in [0.2, 0.25) is 0 Å². The molecule has 0 N–H and O–H groups in total. The number of pyridine rings is 1. The van der Waals surface area contributed by atoms with Gasteiger partial charge in [-0.3, -0.25) is 0 Å². The van der Waals surface area contributed by atoms with Crippen LogP contribution in [0, 0.1) is 0 Å². The fraction of sp³-hybridized carbons (Fsp3) is 0.0526. The van der Waals surface area contributed by atoms with E-state index in [1.54, 1.807) is 41.9 Å². The highest BCUT2D eigenvalue weighted by molar-refractivity contribution is 7.93. The van der Waals surface area contributed by atoms with Crippen LogP contribution in [0.1, 0.15) is 5.56 Å². The highest BCUT2D eigenvalue weighted by Crippen LogP contribution is 2.30. The highest BCUT2D eigenvalue weighted by atomic mass is 35.5. The first-order valence-corrected chi connectivity index (χ1v) is 10.8. The second-order valence-electron chi connectivity index (χ2n) is 5.77. The lowest BCUT2D eigenvalue weighted by molar-refractivity contribution is 0.590. The number of halogens is 1. The molecule has 0 aliphatic heterocycles. The first kappa shape index (κ1) is 17.9. The van der Waals surface area contributed by atoms with E-state index in [2.05, 4.69) is 9.97 Å². The lowest BCUT2D eigenvalue weighted by Crippen LogP contribution is -2.30. The van der Waals surface area contributed by atoms with Crippen molar-refractivity contribution in [2.45, 2.75) is 11.4 Å². The molecule has 5 nitrogen and oxygen atoms in total. The fourth-order valence-corrected chi connectivity index (χ4v) is 5.21. The summed E-state index contributed by atoms with van der Waals surface area (Å²) in [6.07, 6.45) is 1.58. The van der Waals surface area contributed by atoms with Gasteiger partial charge in [0.15, 0.2) is 5.13 Å². The minimum absolute atomic E-state index is 0.0431. The van der Waals surface area contributed by atoms with Crippen LogP contribution in [0.4, 0.5) is 5.13 Å². The minimum atomic E-state index is -3.80. The topological polar surface area (TPSA) is 63.2 Å². The Morgan fingerprint density at radius 1 is 1.04 bits per heavy atom. The standard InChI is InChI=1S/C19H14ClN3O2S2/c20-18-15(12-14-6-4-5-9-17(14)22-18)13-23(19-21-10-11-26-19)27(24,25)16-7-2-1-3-8-16/h1-12H,13H2. The second-order valence-corrected chi connectivity index (χ2v) is 8.86. The average Bonchev–Trinajstić information content (AvgIpc) is 3.21. The number of aromatic nitrogens is 2. The van der Waals surface area contributed by atoms with Gasteiger partial charge in [0.05, 0.1) is 17.0 Å². The Bertz CT molecular complexity index is 1180. The van der Waals surface area contributed by atoms with Gasteiger partial charge in [-0.1, -0.05) is 48.0 Å². The van der Waals surface area contributed by atoms with Crippen molar-refractivity contribution in [2.75, 3.05) is 4.31 Å². The third-order valence-corrected chi connectivity index (χ3v) is 7.02. The molecule has 27 heavy (non-hydrogen) atoms. The molecule has 0 radical (unpaired) electrons. The molecule has 4 aromatic rings. The first-order valence-electron chi connectivity index (χ1n) is 8.07. The molecule has 2 heterocycles. The summed E-state index contributed by atoms with van der Waals surface area (Å²) < 4.78 is 27.7. The van der Waals surface area contributed by atoms with Crippen LogP contribution in [0.25, 0.3) is 10.9 Å². The van der Waals surface area contributed by atoms with Crippen LogP contribution in [-0.4, -0.2) is 18.4 Å². The number of sulfonamides is 1. The summed E-state index contributed by atoms with van der Waals surface area (Å²) in [6.45, 7) is 0.0431. The molecule has 0 saturated heterocycles. The Balaban J connectivity index is 1.81. The Hall–Kier alpha value is -2.48. The van der Waals surface area contributed by atoms with Crippen molar-refractivity contribution in [3.8, 4) is 0 Å². The third-order valence-electron chi connectivity index (χ3n) is 4.03. The Morgan fingerprint density at radius 2 is 1.78 bits per heavy atom. The zero-order valence-electron chi connectivity index (χ0n) is 14.0. The van der Waals surface area contributed by atoms with E-state index in [9.17, 15) is 8.42 Å². The normalized spacial score (nSPS) is 11.6. The van der Waals surface area contributed by atoms with Crippen LogP contribution in [0.15, 0.2) is 77.1 Å². The molecular formula is C19H14ClN3O2S2. The van der Waals surface area contributed by atoms with Gasteiger partial charge in [-0.25, -0.2) is 22.7 Å². The van der Waals surface area contributed by atoms with E-state index >= 15 is 0 Å². The lowest BCUT2D eigenvalue weighted by atomic mass is 10.1. The van der Waals surface area contributed by atoms with Crippen LogP contribution in [-0.2, 0) is 16.6 Å². The van der Waals surface area contributed by atoms with E-state index in [1.165, 1.54) is 15.6 Å². The molecule has 0 aliphatic rings. The highest BCUT2D eigenvalue weighted by Gasteiger charge is 2.27. The number of para-hydroxylation sites is 1. The van der Waals surface area contributed by atoms with Crippen molar-refractivity contribution in [3.05, 3.63) is 83.0 Å². The fourth-order valence-electron chi connectivity index (χ4n) is 2.72. The predicted octanol–water partition coefficient (Wildman–Crippen LogP) is 4.74. The van der Waals surface area contributed by atoms with Crippen LogP contribution in [0.3, 0.4) is 0 Å². The van der Waals surface area contributed by atoms with Crippen LogP contribution < -0.4 is 4.31 Å². The van der Waals surface area contributed by atoms with Crippen LogP contribution in [0.5, 0.6) is 0 Å². The molecule has 0 spiro atoms. The number of fused-ring (bicyclic) bond motifs is 1. The predicted molar refractivity (Wildman–Crippen MR) is 109 cm³/mol. The molecule has 0 aliphatic carbocycles. The SMILES string of the molecule is O=S(=O)(c1ccccc1)N(Cc1cc2ccccc2nc1Cl)c1nccs1. The zero-order valence-corrected chi connectivity index (χ0v) is 16.4. The van der Waals surface area contributed by atoms with Gasteiger partial charge < -0.3 is 0 Å². The average molecular weight is 416 g/mol. The van der Waals surface area contributed by atoms with Crippen LogP contribution >= 0.6 is 22.9 Å². The second kappa shape index (κ2) is 7.26. The molecule has 8 heteroatoms. The van der Waals surface area contributed by atoms with Gasteiger partial charge in [-0.2, -0.15) is 0 Å². The summed E-state index contributed by atoms with van der Waals surface area (Å²) in [5.74, 6) is 0. The molecule has 0 bridgehead atoms. The Morgan fingerprint density at radius 3 is 2.52 bits per heavy atom. The smallest absolute Gasteiger partial charge is 0.236 e. The maximum Gasteiger partial charge on any atom is 0.266 e. The number of nitrogens with zero attached hydrogens (tertiary/aromatic N) is 3. The summed E-state index contributed by atoms with van der Waals surface area (Å²) in [7, 11) is -3.80. The lowest BCUT2D eigenvalue weighted by Gasteiger charge is -2.22. The van der Waals surface area contributed by atoms with Crippen molar-refractivity contribution < 1.29 is 8.42 Å². The van der Waals surface area contributed by atoms with Gasteiger partial charge in [-0.05, 0) is 24.3 Å². The van der Waals surface area contributed by atoms with E-state index in [0.717, 1.165) is 10.9 Å². The summed E-state index contributed by atoms with van der Waals surface area (Å²) in [6, 6.07) is 17.7. The quantitative estimate of drug-likeness (QED) is 0.441. The van der Waals surface area contributed by atoms with Crippen molar-refractivity contribution in [3.63, 3.8) is 0 Å². The monoisotopic (exact) mass is 415 g/mol. The summed E-state index contributed by atoms with van der Waals surface area (Å²) in [4.78, 5) is 8.79. The van der Waals surface area contributed by atoms with E-state index in [0.29, 0.717) is 10.7 Å². The molecule has 0 amide bonds. The van der Waals surface area contributed by atoms with Crippen LogP contribution in [0.2, 0.25) is 5.15 Å². The van der Waals surface area contributed by atoms with E-state index in [1.807, 2.05) is 30.3 Å². The number of rotatable bonds is 5. The molecule has 0 saturated carbocycles. The Kier molecular flexibility index (Phi) is 4.82. The minimum Gasteiger partial charge on any atom is -0.236 e. The molecular weight excluding hydrogens is 402 g/mol. The van der Waals surface area contributed by atoms with Gasteiger partial charge >= 0.3 is 0 Å². The summed E-state index contributed by atoms with van der Waals surface area (Å²) in [5.41, 5.74) is 1.38. The van der Waals surface area contributed by atoms with Crippen molar-refractivity contribution in [1.29, 1.82) is 0 Å². The van der Waals surface area contributed by atoms with Crippen molar-refractivity contribution in [2.24, 2.45) is 0 Å². The number of thiazole rings is 1. The van der Waals surface area contributed by atoms with Gasteiger partial charge in [0.25, 0.3) is 10.0 Å². The number of anilines is 1. The van der Waals surface area contributed by atoms with Gasteiger partial charge in [0.1, 0.15) is 5.15 Å². The molecule has 136 valence electrons. The molecule has 2 aromatic carbocycles. The summed E-state index contributed by atoms with van der Waals surface area (Å²) >= 11 is 7.61. The first-order chi connectivity index (χ1) is 13.1. The Labute approximate surface area is 165 Å². The summed E-state index contributed by atoms with van der Waals surface area (Å²) in [5, 5.41) is 3.29. The van der Waals surface area contributed by atoms with E-state index in [-0.39, 0.29) is 16.6 Å². The number of hydrogen-bond acceptors (Lipinski definition) is 5. The zero-order chi connectivity index (χ0) is 18.9. The molecule has 2 aromatic heterocycles.